The van der Waals surface area contributed by atoms with E-state index >= 15 is 0 Å². The van der Waals surface area contributed by atoms with Crippen molar-refractivity contribution in [1.82, 2.24) is 4.90 Å². The van der Waals surface area contributed by atoms with E-state index in [2.05, 4.69) is 0 Å². The predicted octanol–water partition coefficient (Wildman–Crippen LogP) is 2.55. The van der Waals surface area contributed by atoms with Gasteiger partial charge in [-0.2, -0.15) is 0 Å². The van der Waals surface area contributed by atoms with Crippen LogP contribution in [0.3, 0.4) is 0 Å². The zero-order chi connectivity index (χ0) is 15.2. The van der Waals surface area contributed by atoms with Crippen molar-refractivity contribution < 1.29 is 19.1 Å². The van der Waals surface area contributed by atoms with Gasteiger partial charge in [0.1, 0.15) is 6.29 Å². The fourth-order valence-electron chi connectivity index (χ4n) is 2.32. The largest absolute Gasteiger partial charge is 0.493 e. The SMILES string of the molecule is COc1cc(C=O)cc(Cl)c1OCC(=O)N1CCCCC1. The average molecular weight is 312 g/mol. The molecule has 21 heavy (non-hydrogen) atoms. The fraction of sp³-hybridized carbons (Fsp3) is 0.467. The number of methoxy groups -OCH3 is 1. The summed E-state index contributed by atoms with van der Waals surface area (Å²) in [6.07, 6.45) is 3.90. The molecule has 1 aromatic carbocycles. The number of halogens is 1. The number of ether oxygens (including phenoxy) is 2. The third-order valence-corrected chi connectivity index (χ3v) is 3.72. The smallest absolute Gasteiger partial charge is 0.260 e. The van der Waals surface area contributed by atoms with E-state index in [9.17, 15) is 9.59 Å². The summed E-state index contributed by atoms with van der Waals surface area (Å²) in [6, 6.07) is 3.01. The molecular formula is C15H18ClNO4. The van der Waals surface area contributed by atoms with Gasteiger partial charge in [-0.25, -0.2) is 0 Å². The summed E-state index contributed by atoms with van der Waals surface area (Å²) >= 11 is 6.07. The highest BCUT2D eigenvalue weighted by Gasteiger charge is 2.19. The molecule has 0 radical (unpaired) electrons. The van der Waals surface area contributed by atoms with Crippen molar-refractivity contribution in [2.75, 3.05) is 26.8 Å². The number of benzene rings is 1. The van der Waals surface area contributed by atoms with Gasteiger partial charge in [0, 0.05) is 18.7 Å². The van der Waals surface area contributed by atoms with Gasteiger partial charge in [-0.1, -0.05) is 11.6 Å². The molecule has 1 fully saturated rings. The van der Waals surface area contributed by atoms with Gasteiger partial charge in [0.05, 0.1) is 12.1 Å². The maximum absolute atomic E-state index is 12.1. The van der Waals surface area contributed by atoms with Crippen LogP contribution in [0.5, 0.6) is 11.5 Å². The van der Waals surface area contributed by atoms with Crippen molar-refractivity contribution in [3.05, 3.63) is 22.7 Å². The Kier molecular flexibility index (Phi) is 5.44. The Morgan fingerprint density at radius 3 is 2.67 bits per heavy atom. The Hall–Kier alpha value is -1.75. The minimum Gasteiger partial charge on any atom is -0.493 e. The van der Waals surface area contributed by atoms with Crippen LogP contribution in [-0.4, -0.2) is 43.9 Å². The first-order valence-corrected chi connectivity index (χ1v) is 7.26. The molecule has 0 spiro atoms. The minimum atomic E-state index is -0.0868. The van der Waals surface area contributed by atoms with E-state index in [4.69, 9.17) is 21.1 Å². The first-order chi connectivity index (χ1) is 10.2. The molecule has 6 heteroatoms. The third-order valence-electron chi connectivity index (χ3n) is 3.44. The topological polar surface area (TPSA) is 55.8 Å². The number of rotatable bonds is 5. The highest BCUT2D eigenvalue weighted by atomic mass is 35.5. The maximum atomic E-state index is 12.1. The number of likely N-dealkylation sites (tertiary alicyclic amines) is 1. The number of aldehydes is 1. The second kappa shape index (κ2) is 7.31. The fourth-order valence-corrected chi connectivity index (χ4v) is 2.59. The first-order valence-electron chi connectivity index (χ1n) is 6.89. The molecular weight excluding hydrogens is 294 g/mol. The first kappa shape index (κ1) is 15.6. The van der Waals surface area contributed by atoms with Crippen LogP contribution in [0, 0.1) is 0 Å². The summed E-state index contributed by atoms with van der Waals surface area (Å²) < 4.78 is 10.7. The zero-order valence-electron chi connectivity index (χ0n) is 11.9. The van der Waals surface area contributed by atoms with Crippen molar-refractivity contribution in [2.24, 2.45) is 0 Å². The Labute approximate surface area is 128 Å². The lowest BCUT2D eigenvalue weighted by Gasteiger charge is -2.26. The number of nitrogens with zero attached hydrogens (tertiary/aromatic N) is 1. The lowest BCUT2D eigenvalue weighted by molar-refractivity contribution is -0.134. The number of amides is 1. The van der Waals surface area contributed by atoms with Gasteiger partial charge in [0.15, 0.2) is 18.1 Å². The number of piperidine rings is 1. The van der Waals surface area contributed by atoms with Crippen LogP contribution in [0.1, 0.15) is 29.6 Å². The highest BCUT2D eigenvalue weighted by molar-refractivity contribution is 6.32. The summed E-state index contributed by atoms with van der Waals surface area (Å²) in [6.45, 7) is 1.46. The summed E-state index contributed by atoms with van der Waals surface area (Å²) in [5.74, 6) is 0.568. The Morgan fingerprint density at radius 1 is 1.33 bits per heavy atom. The van der Waals surface area contributed by atoms with Crippen LogP contribution in [0.4, 0.5) is 0 Å². The Balaban J connectivity index is 2.05. The van der Waals surface area contributed by atoms with E-state index in [0.717, 1.165) is 32.4 Å². The van der Waals surface area contributed by atoms with Crippen LogP contribution in [0.2, 0.25) is 5.02 Å². The number of hydrogen-bond acceptors (Lipinski definition) is 4. The van der Waals surface area contributed by atoms with Crippen molar-refractivity contribution in [1.29, 1.82) is 0 Å². The molecule has 1 aliphatic rings. The zero-order valence-corrected chi connectivity index (χ0v) is 12.7. The lowest BCUT2D eigenvalue weighted by Crippen LogP contribution is -2.38. The molecule has 0 atom stereocenters. The quantitative estimate of drug-likeness (QED) is 0.784. The van der Waals surface area contributed by atoms with E-state index < -0.39 is 0 Å². The summed E-state index contributed by atoms with van der Waals surface area (Å²) in [5, 5.41) is 0.253. The van der Waals surface area contributed by atoms with Crippen LogP contribution in [0.25, 0.3) is 0 Å². The third kappa shape index (κ3) is 3.88. The molecule has 0 aromatic heterocycles. The molecule has 1 aliphatic heterocycles. The molecule has 1 saturated heterocycles. The van der Waals surface area contributed by atoms with Gasteiger partial charge in [0.2, 0.25) is 0 Å². The number of hydrogen-bond donors (Lipinski definition) is 0. The van der Waals surface area contributed by atoms with E-state index in [0.29, 0.717) is 17.6 Å². The highest BCUT2D eigenvalue weighted by Crippen LogP contribution is 2.36. The van der Waals surface area contributed by atoms with Crippen molar-refractivity contribution in [3.63, 3.8) is 0 Å². The van der Waals surface area contributed by atoms with Crippen molar-refractivity contribution in [3.8, 4) is 11.5 Å². The second-order valence-electron chi connectivity index (χ2n) is 4.88. The van der Waals surface area contributed by atoms with Gasteiger partial charge in [-0.15, -0.1) is 0 Å². The standard InChI is InChI=1S/C15H18ClNO4/c1-20-13-8-11(9-18)7-12(16)15(13)21-10-14(19)17-5-3-2-4-6-17/h7-9H,2-6,10H2,1H3. The van der Waals surface area contributed by atoms with Crippen LogP contribution in [-0.2, 0) is 4.79 Å². The molecule has 1 aromatic rings. The van der Waals surface area contributed by atoms with Crippen molar-refractivity contribution >= 4 is 23.8 Å². The maximum Gasteiger partial charge on any atom is 0.260 e. The average Bonchev–Trinajstić information content (AvgIpc) is 2.53. The monoisotopic (exact) mass is 311 g/mol. The van der Waals surface area contributed by atoms with Gasteiger partial charge >= 0.3 is 0 Å². The molecule has 0 unspecified atom stereocenters. The molecule has 1 heterocycles. The van der Waals surface area contributed by atoms with Crippen LogP contribution in [0.15, 0.2) is 12.1 Å². The molecule has 0 N–H and O–H groups in total. The van der Waals surface area contributed by atoms with Gasteiger partial charge in [0.25, 0.3) is 5.91 Å². The van der Waals surface area contributed by atoms with E-state index in [1.165, 1.54) is 19.2 Å². The number of carbonyl (C=O) groups is 2. The molecule has 0 bridgehead atoms. The van der Waals surface area contributed by atoms with E-state index in [1.807, 2.05) is 0 Å². The molecule has 2 rings (SSSR count). The van der Waals surface area contributed by atoms with E-state index in [-0.39, 0.29) is 23.3 Å². The van der Waals surface area contributed by atoms with Crippen LogP contribution >= 0.6 is 11.6 Å². The second-order valence-corrected chi connectivity index (χ2v) is 5.29. The molecule has 1 amide bonds. The Morgan fingerprint density at radius 2 is 2.05 bits per heavy atom. The van der Waals surface area contributed by atoms with Crippen LogP contribution < -0.4 is 9.47 Å². The minimum absolute atomic E-state index is 0.0627. The molecule has 5 nitrogen and oxygen atoms in total. The molecule has 114 valence electrons. The lowest BCUT2D eigenvalue weighted by atomic mass is 10.1. The molecule has 0 aliphatic carbocycles. The van der Waals surface area contributed by atoms with Gasteiger partial charge in [-0.3, -0.25) is 9.59 Å². The summed E-state index contributed by atoms with van der Waals surface area (Å²) in [7, 11) is 1.46. The van der Waals surface area contributed by atoms with E-state index in [1.54, 1.807) is 4.90 Å². The number of carbonyl (C=O) groups excluding carboxylic acids is 2. The predicted molar refractivity (Wildman–Crippen MR) is 79.3 cm³/mol. The van der Waals surface area contributed by atoms with Gasteiger partial charge < -0.3 is 14.4 Å². The summed E-state index contributed by atoms with van der Waals surface area (Å²) in [4.78, 5) is 24.7. The van der Waals surface area contributed by atoms with Gasteiger partial charge in [-0.05, 0) is 31.4 Å². The summed E-state index contributed by atoms with van der Waals surface area (Å²) in [5.41, 5.74) is 0.395. The Bertz CT molecular complexity index is 527. The van der Waals surface area contributed by atoms with Crippen molar-refractivity contribution in [2.45, 2.75) is 19.3 Å². The molecule has 0 saturated carbocycles. The normalized spacial score (nSPS) is 14.7.